The number of rotatable bonds is 5. The molecule has 0 amide bonds. The van der Waals surface area contributed by atoms with Gasteiger partial charge < -0.3 is 5.21 Å². The zero-order valence-electron chi connectivity index (χ0n) is 9.01. The van der Waals surface area contributed by atoms with Gasteiger partial charge in [-0.3, -0.25) is 4.55 Å². The third-order valence-electron chi connectivity index (χ3n) is 1.74. The van der Waals surface area contributed by atoms with E-state index in [1.54, 1.807) is 0 Å². The molecule has 1 aromatic rings. The van der Waals surface area contributed by atoms with Crippen molar-refractivity contribution in [3.63, 3.8) is 0 Å². The van der Waals surface area contributed by atoms with Crippen molar-refractivity contribution in [2.75, 3.05) is 7.05 Å². The molecule has 0 atom stereocenters. The third-order valence-corrected chi connectivity index (χ3v) is 3.23. The van der Waals surface area contributed by atoms with Gasteiger partial charge in [-0.05, 0) is 18.2 Å². The Morgan fingerprint density at radius 1 is 1.50 bits per heavy atom. The molecule has 1 rings (SSSR count). The van der Waals surface area contributed by atoms with Gasteiger partial charge in [-0.15, -0.1) is 4.33 Å². The maximum absolute atomic E-state index is 11.1. The summed E-state index contributed by atoms with van der Waals surface area (Å²) >= 11 is 0.525. The fourth-order valence-corrected chi connectivity index (χ4v) is 2.31. The van der Waals surface area contributed by atoms with Gasteiger partial charge in [0.05, 0.1) is 17.6 Å². The fourth-order valence-electron chi connectivity index (χ4n) is 1.15. The standard InChI is InChI=1S/C8H9NO7S2/c1-9(10)5-6-2-3-7(17-16-15-11)4-8(6)18(12,13)14/h2-5,11H,1H3,(H,12,13,14). The fraction of sp³-hybridized carbons (Fsp3) is 0.125. The van der Waals surface area contributed by atoms with Crippen molar-refractivity contribution in [2.45, 2.75) is 9.79 Å². The van der Waals surface area contributed by atoms with Crippen molar-refractivity contribution in [3.8, 4) is 0 Å². The van der Waals surface area contributed by atoms with Gasteiger partial charge in [0, 0.05) is 4.90 Å². The highest BCUT2D eigenvalue weighted by Crippen LogP contribution is 2.24. The minimum Gasteiger partial charge on any atom is -0.624 e. The van der Waals surface area contributed by atoms with E-state index in [1.807, 2.05) is 0 Å². The maximum Gasteiger partial charge on any atom is 0.295 e. The van der Waals surface area contributed by atoms with Gasteiger partial charge in [-0.1, -0.05) is 5.04 Å². The molecule has 1 aromatic carbocycles. The first-order valence-corrected chi connectivity index (χ1v) is 6.54. The van der Waals surface area contributed by atoms with E-state index >= 15 is 0 Å². The van der Waals surface area contributed by atoms with Crippen LogP contribution >= 0.6 is 12.0 Å². The van der Waals surface area contributed by atoms with Crippen LogP contribution in [0.2, 0.25) is 0 Å². The smallest absolute Gasteiger partial charge is 0.295 e. The highest BCUT2D eigenvalue weighted by molar-refractivity contribution is 7.94. The molecule has 18 heavy (non-hydrogen) atoms. The molecule has 0 aromatic heterocycles. The highest BCUT2D eigenvalue weighted by atomic mass is 32.2. The lowest BCUT2D eigenvalue weighted by molar-refractivity contribution is -0.432. The number of hydroxylamine groups is 1. The Labute approximate surface area is 107 Å². The Morgan fingerprint density at radius 3 is 2.67 bits per heavy atom. The second-order valence-electron chi connectivity index (χ2n) is 3.08. The summed E-state index contributed by atoms with van der Waals surface area (Å²) < 4.78 is 35.8. The second-order valence-corrected chi connectivity index (χ2v) is 5.24. The Bertz CT molecular complexity index is 551. The van der Waals surface area contributed by atoms with Gasteiger partial charge in [0.1, 0.15) is 11.9 Å². The van der Waals surface area contributed by atoms with Crippen LogP contribution in [0, 0.1) is 5.21 Å². The van der Waals surface area contributed by atoms with E-state index in [2.05, 4.69) is 9.37 Å². The first-order valence-electron chi connectivity index (χ1n) is 4.35. The summed E-state index contributed by atoms with van der Waals surface area (Å²) in [5.74, 6) is 0. The van der Waals surface area contributed by atoms with E-state index in [-0.39, 0.29) is 10.5 Å². The first-order chi connectivity index (χ1) is 8.34. The van der Waals surface area contributed by atoms with Crippen LogP contribution in [0.3, 0.4) is 0 Å². The van der Waals surface area contributed by atoms with Crippen LogP contribution in [0.5, 0.6) is 0 Å². The molecule has 0 spiro atoms. The molecule has 0 saturated heterocycles. The number of nitrogens with zero attached hydrogens (tertiary/aromatic N) is 1. The second kappa shape index (κ2) is 6.13. The monoisotopic (exact) mass is 295 g/mol. The summed E-state index contributed by atoms with van der Waals surface area (Å²) in [6.07, 6.45) is 0.987. The Morgan fingerprint density at radius 2 is 2.17 bits per heavy atom. The first kappa shape index (κ1) is 14.9. The summed E-state index contributed by atoms with van der Waals surface area (Å²) in [5, 5.41) is 22.2. The van der Waals surface area contributed by atoms with Gasteiger partial charge in [0.25, 0.3) is 10.1 Å². The minimum atomic E-state index is -4.50. The van der Waals surface area contributed by atoms with Crippen molar-refractivity contribution in [1.29, 1.82) is 0 Å². The molecule has 0 saturated carbocycles. The van der Waals surface area contributed by atoms with E-state index in [1.165, 1.54) is 19.2 Å². The molecule has 100 valence electrons. The molecule has 0 radical (unpaired) electrons. The van der Waals surface area contributed by atoms with E-state index in [4.69, 9.17) is 9.81 Å². The summed E-state index contributed by atoms with van der Waals surface area (Å²) in [7, 11) is -3.33. The van der Waals surface area contributed by atoms with Crippen LogP contribution in [0.1, 0.15) is 5.56 Å². The van der Waals surface area contributed by atoms with Gasteiger partial charge in [-0.25, -0.2) is 10.00 Å². The SMILES string of the molecule is C[N+]([O-])=Cc1ccc(SOOO)cc1S(=O)(=O)O. The molecular weight excluding hydrogens is 286 g/mol. The topological polar surface area (TPSA) is 119 Å². The van der Waals surface area contributed by atoms with Crippen LogP contribution in [0.4, 0.5) is 0 Å². The predicted molar refractivity (Wildman–Crippen MR) is 61.6 cm³/mol. The van der Waals surface area contributed by atoms with Gasteiger partial charge in [-0.2, -0.15) is 8.42 Å². The normalized spacial score (nSPS) is 12.7. The molecule has 2 N–H and O–H groups in total. The van der Waals surface area contributed by atoms with Crippen LogP contribution in [0.15, 0.2) is 28.0 Å². The Hall–Kier alpha value is -1.17. The molecule has 0 heterocycles. The lowest BCUT2D eigenvalue weighted by Crippen LogP contribution is -2.06. The Balaban J connectivity index is 3.26. The molecular formula is C8H9NO7S2. The van der Waals surface area contributed by atoms with Crippen molar-refractivity contribution in [1.82, 2.24) is 0 Å². The van der Waals surface area contributed by atoms with E-state index < -0.39 is 15.0 Å². The zero-order valence-corrected chi connectivity index (χ0v) is 10.6. The lowest BCUT2D eigenvalue weighted by Gasteiger charge is -2.05. The van der Waals surface area contributed by atoms with Crippen LogP contribution in [0.25, 0.3) is 0 Å². The van der Waals surface area contributed by atoms with E-state index in [0.29, 0.717) is 16.8 Å². The molecule has 0 bridgehead atoms. The zero-order chi connectivity index (χ0) is 13.8. The van der Waals surface area contributed by atoms with Crippen molar-refractivity contribution in [2.24, 2.45) is 0 Å². The van der Waals surface area contributed by atoms with Crippen molar-refractivity contribution < 1.29 is 32.3 Å². The van der Waals surface area contributed by atoms with Crippen molar-refractivity contribution in [3.05, 3.63) is 29.0 Å². The van der Waals surface area contributed by atoms with E-state index in [9.17, 15) is 13.6 Å². The molecule has 10 heteroatoms. The van der Waals surface area contributed by atoms with Gasteiger partial charge in [0.2, 0.25) is 0 Å². The van der Waals surface area contributed by atoms with Crippen LogP contribution in [-0.2, 0) is 19.5 Å². The molecule has 0 aliphatic heterocycles. The molecule has 0 unspecified atom stereocenters. The quantitative estimate of drug-likeness (QED) is 0.156. The summed E-state index contributed by atoms with van der Waals surface area (Å²) in [6.45, 7) is 0. The van der Waals surface area contributed by atoms with Gasteiger partial charge in [0.15, 0.2) is 6.21 Å². The average molecular weight is 295 g/mol. The van der Waals surface area contributed by atoms with Crippen LogP contribution in [-0.4, -0.2) is 36.2 Å². The lowest BCUT2D eigenvalue weighted by atomic mass is 10.2. The molecule has 0 fully saturated rings. The Kier molecular flexibility index (Phi) is 5.07. The highest BCUT2D eigenvalue weighted by Gasteiger charge is 2.17. The number of hydrogen-bond donors (Lipinski definition) is 2. The minimum absolute atomic E-state index is 0.0178. The summed E-state index contributed by atoms with van der Waals surface area (Å²) in [4.78, 5) is -0.223. The van der Waals surface area contributed by atoms with Gasteiger partial charge >= 0.3 is 0 Å². The maximum atomic E-state index is 11.1. The van der Waals surface area contributed by atoms with Crippen LogP contribution < -0.4 is 0 Å². The molecule has 8 nitrogen and oxygen atoms in total. The third kappa shape index (κ3) is 4.25. The largest absolute Gasteiger partial charge is 0.624 e. The summed E-state index contributed by atoms with van der Waals surface area (Å²) in [5.41, 5.74) is 0.0178. The summed E-state index contributed by atoms with van der Waals surface area (Å²) in [6, 6.07) is 3.77. The number of benzene rings is 1. The molecule has 0 aliphatic rings. The molecule has 0 aliphatic carbocycles. The predicted octanol–water partition coefficient (Wildman–Crippen LogP) is 0.921. The van der Waals surface area contributed by atoms with Crippen molar-refractivity contribution >= 4 is 28.4 Å². The number of hydrogen-bond acceptors (Lipinski definition) is 7. The van der Waals surface area contributed by atoms with E-state index in [0.717, 1.165) is 12.3 Å². The average Bonchev–Trinajstić information content (AvgIpc) is 2.25.